The van der Waals surface area contributed by atoms with Crippen molar-refractivity contribution in [3.8, 4) is 6.07 Å². The number of nitrogens with zero attached hydrogens (tertiary/aromatic N) is 3. The highest BCUT2D eigenvalue weighted by molar-refractivity contribution is 5.34. The molecule has 0 amide bonds. The van der Waals surface area contributed by atoms with E-state index < -0.39 is 0 Å². The first-order chi connectivity index (χ1) is 7.38. The van der Waals surface area contributed by atoms with Crippen molar-refractivity contribution in [1.29, 1.82) is 5.26 Å². The van der Waals surface area contributed by atoms with E-state index in [1.807, 2.05) is 6.07 Å². The molecule has 0 aliphatic carbocycles. The van der Waals surface area contributed by atoms with Gasteiger partial charge < -0.3 is 10.1 Å². The Morgan fingerprint density at radius 3 is 3.00 bits per heavy atom. The van der Waals surface area contributed by atoms with Gasteiger partial charge in [0.2, 0.25) is 0 Å². The summed E-state index contributed by atoms with van der Waals surface area (Å²) in [6.45, 7) is 1.55. The van der Waals surface area contributed by atoms with Crippen molar-refractivity contribution in [2.24, 2.45) is 0 Å². The maximum Gasteiger partial charge on any atom is 0.158 e. The van der Waals surface area contributed by atoms with Crippen molar-refractivity contribution in [2.75, 3.05) is 18.5 Å². The van der Waals surface area contributed by atoms with Crippen molar-refractivity contribution < 1.29 is 4.74 Å². The topological polar surface area (TPSA) is 70.8 Å². The van der Waals surface area contributed by atoms with Crippen molar-refractivity contribution in [3.63, 3.8) is 0 Å². The molecule has 1 fully saturated rings. The molecule has 1 N–H and O–H groups in total. The number of nitrogens with one attached hydrogen (secondary N) is 1. The van der Waals surface area contributed by atoms with Gasteiger partial charge in [-0.05, 0) is 12.8 Å². The van der Waals surface area contributed by atoms with Gasteiger partial charge in [-0.3, -0.25) is 0 Å². The Kier molecular flexibility index (Phi) is 3.10. The zero-order chi connectivity index (χ0) is 10.5. The van der Waals surface area contributed by atoms with Crippen LogP contribution >= 0.6 is 0 Å². The number of ether oxygens (including phenoxy) is 1. The van der Waals surface area contributed by atoms with Crippen molar-refractivity contribution >= 4 is 5.82 Å². The lowest BCUT2D eigenvalue weighted by molar-refractivity contribution is 0.0875. The van der Waals surface area contributed by atoms with Gasteiger partial charge in [0.15, 0.2) is 5.69 Å². The first-order valence-corrected chi connectivity index (χ1v) is 4.95. The summed E-state index contributed by atoms with van der Waals surface area (Å²) in [4.78, 5) is 8.03. The molecule has 0 radical (unpaired) electrons. The summed E-state index contributed by atoms with van der Waals surface area (Å²) < 4.78 is 5.34. The lowest BCUT2D eigenvalue weighted by atomic mass is 10.1. The maximum atomic E-state index is 8.56. The van der Waals surface area contributed by atoms with Gasteiger partial charge in [0.05, 0.1) is 25.0 Å². The van der Waals surface area contributed by atoms with Gasteiger partial charge >= 0.3 is 0 Å². The predicted molar refractivity (Wildman–Crippen MR) is 54.2 cm³/mol. The number of hydrogen-bond donors (Lipinski definition) is 1. The lowest BCUT2D eigenvalue weighted by Crippen LogP contribution is -2.30. The van der Waals surface area contributed by atoms with Crippen molar-refractivity contribution in [1.82, 2.24) is 9.97 Å². The number of aromatic nitrogens is 2. The molecule has 1 aromatic heterocycles. The van der Waals surface area contributed by atoms with Crippen LogP contribution in [0.4, 0.5) is 5.82 Å². The molecule has 0 bridgehead atoms. The van der Waals surface area contributed by atoms with E-state index in [-0.39, 0.29) is 0 Å². The highest BCUT2D eigenvalue weighted by atomic mass is 16.5. The third-order valence-electron chi connectivity index (χ3n) is 2.28. The largest absolute Gasteiger partial charge is 0.379 e. The van der Waals surface area contributed by atoms with E-state index in [0.29, 0.717) is 24.2 Å². The molecule has 0 aromatic carbocycles. The van der Waals surface area contributed by atoms with E-state index in [1.54, 1.807) is 6.20 Å². The third-order valence-corrected chi connectivity index (χ3v) is 2.28. The fourth-order valence-corrected chi connectivity index (χ4v) is 1.52. The Morgan fingerprint density at radius 1 is 1.47 bits per heavy atom. The van der Waals surface area contributed by atoms with Crippen LogP contribution in [0, 0.1) is 11.3 Å². The maximum absolute atomic E-state index is 8.56. The van der Waals surface area contributed by atoms with Gasteiger partial charge in [0.25, 0.3) is 0 Å². The number of rotatable bonds is 2. The van der Waals surface area contributed by atoms with Crippen LogP contribution in [0.1, 0.15) is 18.5 Å². The summed E-state index contributed by atoms with van der Waals surface area (Å²) in [6, 6.07) is 2.24. The second-order valence-corrected chi connectivity index (χ2v) is 3.46. The molecule has 0 saturated carbocycles. The monoisotopic (exact) mass is 204 g/mol. The first-order valence-electron chi connectivity index (χ1n) is 4.95. The Labute approximate surface area is 88.1 Å². The van der Waals surface area contributed by atoms with Crippen molar-refractivity contribution in [2.45, 2.75) is 18.9 Å². The minimum atomic E-state index is 0.306. The molecule has 1 atom stereocenters. The summed E-state index contributed by atoms with van der Waals surface area (Å²) in [6.07, 6.45) is 5.20. The van der Waals surface area contributed by atoms with Crippen LogP contribution in [-0.4, -0.2) is 29.2 Å². The van der Waals surface area contributed by atoms with Gasteiger partial charge in [-0.25, -0.2) is 9.97 Å². The molecule has 1 aromatic rings. The molecule has 1 aliphatic rings. The molecule has 2 rings (SSSR count). The smallest absolute Gasteiger partial charge is 0.158 e. The first kappa shape index (κ1) is 9.87. The van der Waals surface area contributed by atoms with Gasteiger partial charge in [-0.15, -0.1) is 0 Å². The van der Waals surface area contributed by atoms with E-state index in [1.165, 1.54) is 6.20 Å². The molecule has 78 valence electrons. The highest BCUT2D eigenvalue weighted by Crippen LogP contribution is 2.11. The summed E-state index contributed by atoms with van der Waals surface area (Å²) in [7, 11) is 0. The summed E-state index contributed by atoms with van der Waals surface area (Å²) >= 11 is 0. The lowest BCUT2D eigenvalue weighted by Gasteiger charge is -2.23. The van der Waals surface area contributed by atoms with Gasteiger partial charge in [0.1, 0.15) is 11.9 Å². The molecule has 2 heterocycles. The molecule has 5 nitrogen and oxygen atoms in total. The summed E-state index contributed by atoms with van der Waals surface area (Å²) in [5, 5.41) is 11.8. The fraction of sp³-hybridized carbons (Fsp3) is 0.500. The van der Waals surface area contributed by atoms with Crippen LogP contribution in [-0.2, 0) is 4.74 Å². The Bertz CT molecular complexity index is 351. The van der Waals surface area contributed by atoms with Crippen LogP contribution < -0.4 is 5.32 Å². The van der Waals surface area contributed by atoms with E-state index in [2.05, 4.69) is 15.3 Å². The zero-order valence-electron chi connectivity index (χ0n) is 8.31. The van der Waals surface area contributed by atoms with Gasteiger partial charge in [0, 0.05) is 6.61 Å². The average Bonchev–Trinajstić information content (AvgIpc) is 2.31. The van der Waals surface area contributed by atoms with Crippen LogP contribution in [0.3, 0.4) is 0 Å². The summed E-state index contributed by atoms with van der Waals surface area (Å²) in [5.41, 5.74) is 0.334. The predicted octanol–water partition coefficient (Wildman–Crippen LogP) is 0.939. The molecule has 0 spiro atoms. The van der Waals surface area contributed by atoms with Crippen molar-refractivity contribution in [3.05, 3.63) is 18.1 Å². The standard InChI is InChI=1S/C10H12N4O/c11-4-9-5-13-10(6-12-9)14-8-2-1-3-15-7-8/h5-6,8H,1-3,7H2,(H,13,14). The van der Waals surface area contributed by atoms with E-state index in [0.717, 1.165) is 19.4 Å². The van der Waals surface area contributed by atoms with Crippen LogP contribution in [0.15, 0.2) is 12.4 Å². The number of anilines is 1. The molecular formula is C10H12N4O. The second kappa shape index (κ2) is 4.71. The quantitative estimate of drug-likeness (QED) is 0.776. The molecular weight excluding hydrogens is 192 g/mol. The molecule has 1 aliphatic heterocycles. The van der Waals surface area contributed by atoms with E-state index in [4.69, 9.17) is 10.00 Å². The second-order valence-electron chi connectivity index (χ2n) is 3.46. The molecule has 15 heavy (non-hydrogen) atoms. The number of hydrogen-bond acceptors (Lipinski definition) is 5. The minimum Gasteiger partial charge on any atom is -0.379 e. The average molecular weight is 204 g/mol. The minimum absolute atomic E-state index is 0.306. The van der Waals surface area contributed by atoms with Crippen LogP contribution in [0.5, 0.6) is 0 Å². The van der Waals surface area contributed by atoms with E-state index >= 15 is 0 Å². The van der Waals surface area contributed by atoms with Gasteiger partial charge in [-0.1, -0.05) is 0 Å². The van der Waals surface area contributed by atoms with E-state index in [9.17, 15) is 0 Å². The fourth-order valence-electron chi connectivity index (χ4n) is 1.52. The Morgan fingerprint density at radius 2 is 2.40 bits per heavy atom. The Hall–Kier alpha value is -1.67. The Balaban J connectivity index is 1.95. The molecule has 1 unspecified atom stereocenters. The highest BCUT2D eigenvalue weighted by Gasteiger charge is 2.13. The summed E-state index contributed by atoms with van der Waals surface area (Å²) in [5.74, 6) is 0.699. The zero-order valence-corrected chi connectivity index (χ0v) is 8.31. The van der Waals surface area contributed by atoms with Gasteiger partial charge in [-0.2, -0.15) is 5.26 Å². The van der Waals surface area contributed by atoms with Crippen LogP contribution in [0.2, 0.25) is 0 Å². The molecule has 5 heteroatoms. The molecule has 1 saturated heterocycles. The SMILES string of the molecule is N#Cc1cnc(NC2CCCOC2)cn1. The van der Waals surface area contributed by atoms with Crippen LogP contribution in [0.25, 0.3) is 0 Å². The normalized spacial score (nSPS) is 20.6. The number of nitriles is 1. The third kappa shape index (κ3) is 2.64.